The van der Waals surface area contributed by atoms with Gasteiger partial charge in [-0.1, -0.05) is 6.92 Å². The van der Waals surface area contributed by atoms with Gasteiger partial charge in [0.2, 0.25) is 5.91 Å². The number of nitrogens with zero attached hydrogens (tertiary/aromatic N) is 3. The lowest BCUT2D eigenvalue weighted by Gasteiger charge is -2.13. The van der Waals surface area contributed by atoms with E-state index in [1.165, 1.54) is 6.92 Å². The molecule has 0 saturated carbocycles. The van der Waals surface area contributed by atoms with Gasteiger partial charge in [-0.05, 0) is 34.5 Å². The predicted octanol–water partition coefficient (Wildman–Crippen LogP) is 3.96. The van der Waals surface area contributed by atoms with Crippen molar-refractivity contribution < 1.29 is 22.8 Å². The molecule has 0 aliphatic carbocycles. The first-order valence-electron chi connectivity index (χ1n) is 8.27. The molecule has 7 nitrogen and oxygen atoms in total. The van der Waals surface area contributed by atoms with E-state index in [-0.39, 0.29) is 32.9 Å². The molecule has 0 aromatic carbocycles. The van der Waals surface area contributed by atoms with Crippen molar-refractivity contribution in [2.45, 2.75) is 26.6 Å². The maximum atomic E-state index is 13.1. The van der Waals surface area contributed by atoms with E-state index in [1.807, 2.05) is 0 Å². The van der Waals surface area contributed by atoms with Crippen LogP contribution in [0.3, 0.4) is 0 Å². The maximum Gasteiger partial charge on any atom is 0.433 e. The van der Waals surface area contributed by atoms with Crippen molar-refractivity contribution in [3.05, 3.63) is 39.1 Å². The van der Waals surface area contributed by atoms with Crippen molar-refractivity contribution in [2.75, 3.05) is 5.32 Å². The molecule has 154 valence electrons. The number of nitrogens with two attached hydrogens (primary N) is 1. The molecule has 1 unspecified atom stereocenters. The summed E-state index contributed by atoms with van der Waals surface area (Å²) in [6.45, 7) is 3.38. The van der Waals surface area contributed by atoms with Crippen LogP contribution < -0.4 is 11.1 Å². The van der Waals surface area contributed by atoms with Gasteiger partial charge in [0, 0.05) is 11.6 Å². The van der Waals surface area contributed by atoms with E-state index in [4.69, 9.17) is 5.73 Å². The summed E-state index contributed by atoms with van der Waals surface area (Å²) in [5.41, 5.74) is 4.61. The predicted molar refractivity (Wildman–Crippen MR) is 106 cm³/mol. The van der Waals surface area contributed by atoms with Crippen LogP contribution in [0, 0.1) is 12.8 Å². The zero-order valence-electron chi connectivity index (χ0n) is 15.2. The Morgan fingerprint density at radius 2 is 2.10 bits per heavy atom. The van der Waals surface area contributed by atoms with Gasteiger partial charge in [0.15, 0.2) is 0 Å². The van der Waals surface area contributed by atoms with Gasteiger partial charge in [0.25, 0.3) is 5.91 Å². The summed E-state index contributed by atoms with van der Waals surface area (Å²) in [7, 11) is 0. The van der Waals surface area contributed by atoms with E-state index < -0.39 is 29.6 Å². The first-order chi connectivity index (χ1) is 13.5. The molecule has 3 aromatic rings. The number of aromatic nitrogens is 3. The summed E-state index contributed by atoms with van der Waals surface area (Å²) in [5, 5.41) is 6.98. The number of anilines is 1. The number of primary amides is 1. The van der Waals surface area contributed by atoms with E-state index in [0.717, 1.165) is 10.5 Å². The van der Waals surface area contributed by atoms with Crippen LogP contribution >= 0.6 is 27.3 Å². The molecule has 0 aliphatic rings. The molecule has 2 amide bonds. The molecule has 3 N–H and O–H groups in total. The minimum Gasteiger partial charge on any atom is -0.365 e. The molecule has 0 radical (unpaired) electrons. The number of fused-ring (bicyclic) bond motifs is 1. The number of carbonyl (C=O) groups excluding carboxylic acids is 2. The normalized spacial score (nSPS) is 12.9. The molecule has 0 fully saturated rings. The zero-order valence-corrected chi connectivity index (χ0v) is 17.6. The molecule has 3 aromatic heterocycles. The van der Waals surface area contributed by atoms with Crippen LogP contribution in [0.5, 0.6) is 0 Å². The third-order valence-corrected chi connectivity index (χ3v) is 5.64. The molecule has 0 bridgehead atoms. The lowest BCUT2D eigenvalue weighted by Crippen LogP contribution is -2.25. The minimum absolute atomic E-state index is 0.0231. The number of alkyl halides is 3. The molecule has 3 rings (SSSR count). The number of aryl methyl sites for hydroxylation is 1. The molecular formula is C17H15BrF3N5O2S. The monoisotopic (exact) mass is 489 g/mol. The molecule has 12 heteroatoms. The van der Waals surface area contributed by atoms with Crippen molar-refractivity contribution in [1.29, 1.82) is 0 Å². The molecule has 0 aliphatic heterocycles. The average Bonchev–Trinajstić information content (AvgIpc) is 3.18. The topological polar surface area (TPSA) is 103 Å². The number of hydrogen-bond donors (Lipinski definition) is 2. The van der Waals surface area contributed by atoms with Crippen LogP contribution in [-0.2, 0) is 17.5 Å². The highest BCUT2D eigenvalue weighted by atomic mass is 79.9. The summed E-state index contributed by atoms with van der Waals surface area (Å²) in [6.07, 6.45) is -1.35. The number of nitrogens with one attached hydrogen (secondary N) is 1. The quantitative estimate of drug-likeness (QED) is 0.565. The number of carbonyl (C=O) groups is 2. The SMILES string of the molecule is Cc1cc(C(F)(F)F)nc2sc(C(N)=O)c(NC(=O)C(C)Cn3cc(Br)cn3)c12. The van der Waals surface area contributed by atoms with Crippen LogP contribution in [0.15, 0.2) is 22.9 Å². The lowest BCUT2D eigenvalue weighted by molar-refractivity contribution is -0.141. The number of amides is 2. The van der Waals surface area contributed by atoms with Gasteiger partial charge in [-0.3, -0.25) is 14.3 Å². The molecule has 3 heterocycles. The number of halogens is 4. The summed E-state index contributed by atoms with van der Waals surface area (Å²) in [6, 6.07) is 0.875. The Morgan fingerprint density at radius 1 is 1.41 bits per heavy atom. The Kier molecular flexibility index (Phi) is 5.68. The highest BCUT2D eigenvalue weighted by Crippen LogP contribution is 2.39. The smallest absolute Gasteiger partial charge is 0.365 e. The Bertz CT molecular complexity index is 1110. The van der Waals surface area contributed by atoms with Gasteiger partial charge in [0.05, 0.1) is 28.8 Å². The summed E-state index contributed by atoms with van der Waals surface area (Å²) >= 11 is 3.98. The first-order valence-corrected chi connectivity index (χ1v) is 9.88. The molecule has 0 saturated heterocycles. The number of rotatable bonds is 5. The van der Waals surface area contributed by atoms with Crippen LogP contribution in [0.4, 0.5) is 18.9 Å². The second-order valence-corrected chi connectivity index (χ2v) is 8.36. The van der Waals surface area contributed by atoms with E-state index in [9.17, 15) is 22.8 Å². The van der Waals surface area contributed by atoms with Crippen molar-refractivity contribution in [3.63, 3.8) is 0 Å². The van der Waals surface area contributed by atoms with Crippen LogP contribution in [0.1, 0.15) is 27.9 Å². The van der Waals surface area contributed by atoms with Gasteiger partial charge in [-0.25, -0.2) is 4.98 Å². The van der Waals surface area contributed by atoms with Gasteiger partial charge >= 0.3 is 6.18 Å². The number of thiophene rings is 1. The Balaban J connectivity index is 1.98. The van der Waals surface area contributed by atoms with Crippen LogP contribution in [0.2, 0.25) is 0 Å². The Hall–Kier alpha value is -2.47. The van der Waals surface area contributed by atoms with Crippen LogP contribution in [-0.4, -0.2) is 26.6 Å². The fourth-order valence-electron chi connectivity index (χ4n) is 2.77. The fourth-order valence-corrected chi connectivity index (χ4v) is 4.15. The van der Waals surface area contributed by atoms with Gasteiger partial charge in [0.1, 0.15) is 15.4 Å². The third kappa shape index (κ3) is 4.42. The van der Waals surface area contributed by atoms with Crippen molar-refractivity contribution in [1.82, 2.24) is 14.8 Å². The summed E-state index contributed by atoms with van der Waals surface area (Å²) in [5.74, 6) is -1.83. The van der Waals surface area contributed by atoms with Gasteiger partial charge < -0.3 is 11.1 Å². The highest BCUT2D eigenvalue weighted by molar-refractivity contribution is 9.10. The van der Waals surface area contributed by atoms with E-state index in [1.54, 1.807) is 24.0 Å². The Morgan fingerprint density at radius 3 is 2.66 bits per heavy atom. The molecule has 0 spiro atoms. The lowest BCUT2D eigenvalue weighted by atomic mass is 10.1. The number of hydrogen-bond acceptors (Lipinski definition) is 5. The second-order valence-electron chi connectivity index (χ2n) is 6.44. The largest absolute Gasteiger partial charge is 0.433 e. The van der Waals surface area contributed by atoms with Gasteiger partial charge in [-0.2, -0.15) is 18.3 Å². The average molecular weight is 490 g/mol. The number of pyridine rings is 1. The molecule has 29 heavy (non-hydrogen) atoms. The highest BCUT2D eigenvalue weighted by Gasteiger charge is 2.34. The molecular weight excluding hydrogens is 475 g/mol. The Labute approximate surface area is 175 Å². The van der Waals surface area contributed by atoms with Crippen LogP contribution in [0.25, 0.3) is 10.2 Å². The second kappa shape index (κ2) is 7.75. The summed E-state index contributed by atoms with van der Waals surface area (Å²) < 4.78 is 41.5. The van der Waals surface area contributed by atoms with E-state index in [2.05, 4.69) is 31.3 Å². The maximum absolute atomic E-state index is 13.1. The third-order valence-electron chi connectivity index (χ3n) is 4.13. The molecule has 1 atom stereocenters. The zero-order chi connectivity index (χ0) is 21.5. The first kappa shape index (κ1) is 21.2. The fraction of sp³-hybridized carbons (Fsp3) is 0.294. The standard InChI is InChI=1S/C17H15BrF3N5O2S/c1-7-3-10(17(19,20)21)24-16-11(7)12(13(29-16)14(22)27)25-15(28)8(2)5-26-6-9(18)4-23-26/h3-4,6,8H,5H2,1-2H3,(H2,22,27)(H,25,28). The minimum atomic E-state index is -4.63. The van der Waals surface area contributed by atoms with E-state index >= 15 is 0 Å². The summed E-state index contributed by atoms with van der Waals surface area (Å²) in [4.78, 5) is 28.0. The van der Waals surface area contributed by atoms with Crippen molar-refractivity contribution in [3.8, 4) is 0 Å². The van der Waals surface area contributed by atoms with E-state index in [0.29, 0.717) is 11.3 Å². The van der Waals surface area contributed by atoms with Gasteiger partial charge in [-0.15, -0.1) is 11.3 Å². The van der Waals surface area contributed by atoms with Crippen molar-refractivity contribution >= 4 is 55.0 Å². The van der Waals surface area contributed by atoms with Crippen molar-refractivity contribution in [2.24, 2.45) is 11.7 Å².